The molecule has 1 fully saturated rings. The predicted octanol–water partition coefficient (Wildman–Crippen LogP) is 2.09. The smallest absolute Gasteiger partial charge is 0.0900 e. The SMILES string of the molecule is ClCC(CCl)(CCl)C1CO1. The summed E-state index contributed by atoms with van der Waals surface area (Å²) in [6.07, 6.45) is 0.194. The van der Waals surface area contributed by atoms with Crippen LogP contribution in [0.4, 0.5) is 0 Å². The average Bonchev–Trinajstić information content (AvgIpc) is 2.77. The van der Waals surface area contributed by atoms with Gasteiger partial charge in [0.2, 0.25) is 0 Å². The molecule has 0 aromatic heterocycles. The van der Waals surface area contributed by atoms with Gasteiger partial charge < -0.3 is 4.74 Å². The first-order valence-corrected chi connectivity index (χ1v) is 4.69. The molecular weight excluding hydrogens is 194 g/mol. The minimum atomic E-state index is -0.190. The lowest BCUT2D eigenvalue weighted by Crippen LogP contribution is -2.33. The third kappa shape index (κ3) is 1.53. The summed E-state index contributed by atoms with van der Waals surface area (Å²) < 4.78 is 5.09. The van der Waals surface area contributed by atoms with E-state index in [0.717, 1.165) is 6.61 Å². The molecule has 0 N–H and O–H groups in total. The Morgan fingerprint density at radius 3 is 1.70 bits per heavy atom. The van der Waals surface area contributed by atoms with Crippen molar-refractivity contribution >= 4 is 34.8 Å². The number of ether oxygens (including phenoxy) is 1. The lowest BCUT2D eigenvalue weighted by Gasteiger charge is -2.23. The van der Waals surface area contributed by atoms with Crippen LogP contribution in [0.3, 0.4) is 0 Å². The molecule has 0 aromatic rings. The van der Waals surface area contributed by atoms with Crippen molar-refractivity contribution in [2.75, 3.05) is 24.2 Å². The van der Waals surface area contributed by atoms with E-state index in [-0.39, 0.29) is 11.5 Å². The van der Waals surface area contributed by atoms with Gasteiger partial charge in [0.05, 0.1) is 12.7 Å². The van der Waals surface area contributed by atoms with Crippen molar-refractivity contribution in [3.8, 4) is 0 Å². The Morgan fingerprint density at radius 1 is 1.20 bits per heavy atom. The highest BCUT2D eigenvalue weighted by Gasteiger charge is 2.45. The van der Waals surface area contributed by atoms with Gasteiger partial charge in [-0.25, -0.2) is 0 Å². The van der Waals surface area contributed by atoms with Crippen molar-refractivity contribution in [3.05, 3.63) is 0 Å². The molecule has 1 saturated heterocycles. The van der Waals surface area contributed by atoms with E-state index in [0.29, 0.717) is 17.6 Å². The summed E-state index contributed by atoms with van der Waals surface area (Å²) in [7, 11) is 0. The maximum atomic E-state index is 5.71. The molecule has 1 nitrogen and oxygen atoms in total. The molecule has 1 aliphatic heterocycles. The highest BCUT2D eigenvalue weighted by molar-refractivity contribution is 6.24. The molecule has 1 atom stereocenters. The van der Waals surface area contributed by atoms with Gasteiger partial charge in [0, 0.05) is 23.1 Å². The summed E-state index contributed by atoms with van der Waals surface area (Å²) in [6, 6.07) is 0. The number of alkyl halides is 3. The average molecular weight is 203 g/mol. The highest BCUT2D eigenvalue weighted by Crippen LogP contribution is 2.36. The lowest BCUT2D eigenvalue weighted by atomic mass is 9.92. The van der Waals surface area contributed by atoms with Crippen LogP contribution in [0.2, 0.25) is 0 Å². The van der Waals surface area contributed by atoms with Gasteiger partial charge in [-0.15, -0.1) is 34.8 Å². The first kappa shape index (κ1) is 8.92. The van der Waals surface area contributed by atoms with Crippen LogP contribution in [-0.2, 0) is 4.74 Å². The fraction of sp³-hybridized carbons (Fsp3) is 1.00. The van der Waals surface area contributed by atoms with Crippen LogP contribution >= 0.6 is 34.8 Å². The molecule has 1 rings (SSSR count). The van der Waals surface area contributed by atoms with E-state index in [1.54, 1.807) is 0 Å². The first-order chi connectivity index (χ1) is 4.79. The Labute approximate surface area is 75.6 Å². The molecule has 10 heavy (non-hydrogen) atoms. The predicted molar refractivity (Wildman–Crippen MR) is 44.3 cm³/mol. The van der Waals surface area contributed by atoms with E-state index in [9.17, 15) is 0 Å². The van der Waals surface area contributed by atoms with Crippen LogP contribution in [-0.4, -0.2) is 30.4 Å². The van der Waals surface area contributed by atoms with Crippen molar-refractivity contribution in [1.29, 1.82) is 0 Å². The standard InChI is InChI=1S/C6H9Cl3O/c7-2-6(3-8,4-9)5-1-10-5/h5H,1-4H2. The van der Waals surface area contributed by atoms with E-state index >= 15 is 0 Å². The van der Waals surface area contributed by atoms with Gasteiger partial charge in [-0.1, -0.05) is 0 Å². The number of hydrogen-bond donors (Lipinski definition) is 0. The summed E-state index contributed by atoms with van der Waals surface area (Å²) >= 11 is 17.1. The Morgan fingerprint density at radius 2 is 1.60 bits per heavy atom. The molecule has 1 heterocycles. The van der Waals surface area contributed by atoms with E-state index < -0.39 is 0 Å². The maximum Gasteiger partial charge on any atom is 0.0900 e. The van der Waals surface area contributed by atoms with Crippen LogP contribution in [0.15, 0.2) is 0 Å². The van der Waals surface area contributed by atoms with Crippen molar-refractivity contribution in [3.63, 3.8) is 0 Å². The molecule has 1 unspecified atom stereocenters. The zero-order valence-electron chi connectivity index (χ0n) is 5.45. The van der Waals surface area contributed by atoms with Gasteiger partial charge in [0.15, 0.2) is 0 Å². The Kier molecular flexibility index (Phi) is 3.11. The van der Waals surface area contributed by atoms with Gasteiger partial charge in [0.1, 0.15) is 0 Å². The van der Waals surface area contributed by atoms with Gasteiger partial charge in [-0.3, -0.25) is 0 Å². The zero-order valence-corrected chi connectivity index (χ0v) is 7.72. The molecule has 0 aromatic carbocycles. The third-order valence-corrected chi connectivity index (χ3v) is 3.41. The second-order valence-corrected chi connectivity index (χ2v) is 3.39. The Bertz CT molecular complexity index is 101. The summed E-state index contributed by atoms with van der Waals surface area (Å²) in [4.78, 5) is 0. The Hall–Kier alpha value is 0.830. The molecule has 0 radical (unpaired) electrons. The highest BCUT2D eigenvalue weighted by atomic mass is 35.5. The fourth-order valence-corrected chi connectivity index (χ4v) is 2.14. The zero-order chi connectivity index (χ0) is 7.61. The summed E-state index contributed by atoms with van der Waals surface area (Å²) in [5, 5.41) is 0. The largest absolute Gasteiger partial charge is 0.372 e. The minimum Gasteiger partial charge on any atom is -0.372 e. The van der Waals surface area contributed by atoms with Crippen LogP contribution in [0, 0.1) is 5.41 Å². The minimum absolute atomic E-state index is 0.190. The number of hydrogen-bond acceptors (Lipinski definition) is 1. The second-order valence-electron chi connectivity index (χ2n) is 2.59. The quantitative estimate of drug-likeness (QED) is 0.503. The monoisotopic (exact) mass is 202 g/mol. The van der Waals surface area contributed by atoms with Crippen LogP contribution in [0.5, 0.6) is 0 Å². The molecular formula is C6H9Cl3O. The normalized spacial score (nSPS) is 24.9. The van der Waals surface area contributed by atoms with E-state index in [1.165, 1.54) is 0 Å². The fourth-order valence-electron chi connectivity index (χ4n) is 0.767. The third-order valence-electron chi connectivity index (χ3n) is 1.81. The number of halogens is 3. The molecule has 0 bridgehead atoms. The summed E-state index contributed by atoms with van der Waals surface area (Å²) in [6.45, 7) is 0.756. The molecule has 0 amide bonds. The second kappa shape index (κ2) is 3.48. The number of rotatable bonds is 4. The lowest BCUT2D eigenvalue weighted by molar-refractivity contribution is 0.277. The number of epoxide rings is 1. The van der Waals surface area contributed by atoms with Crippen LogP contribution in [0.25, 0.3) is 0 Å². The van der Waals surface area contributed by atoms with Crippen molar-refractivity contribution in [2.45, 2.75) is 6.10 Å². The van der Waals surface area contributed by atoms with E-state index in [4.69, 9.17) is 39.5 Å². The molecule has 0 saturated carbocycles. The van der Waals surface area contributed by atoms with Crippen molar-refractivity contribution in [2.24, 2.45) is 5.41 Å². The van der Waals surface area contributed by atoms with Crippen LogP contribution < -0.4 is 0 Å². The van der Waals surface area contributed by atoms with Gasteiger partial charge in [-0.2, -0.15) is 0 Å². The molecule has 4 heteroatoms. The topological polar surface area (TPSA) is 12.5 Å². The summed E-state index contributed by atoms with van der Waals surface area (Å²) in [5.74, 6) is 1.43. The van der Waals surface area contributed by atoms with E-state index in [1.807, 2.05) is 0 Å². The van der Waals surface area contributed by atoms with Crippen LogP contribution in [0.1, 0.15) is 0 Å². The molecule has 0 aliphatic carbocycles. The van der Waals surface area contributed by atoms with Crippen molar-refractivity contribution < 1.29 is 4.74 Å². The van der Waals surface area contributed by atoms with Gasteiger partial charge in [0.25, 0.3) is 0 Å². The Balaban J connectivity index is 2.52. The molecule has 1 aliphatic rings. The van der Waals surface area contributed by atoms with Gasteiger partial charge in [-0.05, 0) is 0 Å². The molecule has 60 valence electrons. The first-order valence-electron chi connectivity index (χ1n) is 3.08. The van der Waals surface area contributed by atoms with Gasteiger partial charge >= 0.3 is 0 Å². The summed E-state index contributed by atoms with van der Waals surface area (Å²) in [5.41, 5.74) is -0.190. The van der Waals surface area contributed by atoms with E-state index in [2.05, 4.69) is 0 Å². The molecule has 0 spiro atoms. The van der Waals surface area contributed by atoms with Crippen molar-refractivity contribution in [1.82, 2.24) is 0 Å². The maximum absolute atomic E-state index is 5.71.